The average Bonchev–Trinajstić information content (AvgIpc) is 2.67. The number of fused-ring (bicyclic) bond motifs is 1. The van der Waals surface area contributed by atoms with Crippen LogP contribution in [0.2, 0.25) is 0 Å². The van der Waals surface area contributed by atoms with Gasteiger partial charge in [0.2, 0.25) is 0 Å². The molecular formula is C12H16N2OS. The van der Waals surface area contributed by atoms with Crippen LogP contribution in [0, 0.1) is 6.92 Å². The van der Waals surface area contributed by atoms with Crippen LogP contribution in [-0.4, -0.2) is 18.6 Å². The van der Waals surface area contributed by atoms with E-state index in [1.807, 2.05) is 7.05 Å². The minimum Gasteiger partial charge on any atom is -0.493 e. The summed E-state index contributed by atoms with van der Waals surface area (Å²) >= 11 is 1.65. The second kappa shape index (κ2) is 4.70. The Morgan fingerprint density at radius 3 is 2.94 bits per heavy atom. The van der Waals surface area contributed by atoms with Gasteiger partial charge in [0.25, 0.3) is 0 Å². The Balaban J connectivity index is 2.40. The first-order valence-corrected chi connectivity index (χ1v) is 6.28. The molecule has 2 aromatic rings. The number of hydrogen-bond donors (Lipinski definition) is 1. The van der Waals surface area contributed by atoms with E-state index in [0.717, 1.165) is 35.0 Å². The van der Waals surface area contributed by atoms with Gasteiger partial charge >= 0.3 is 0 Å². The highest BCUT2D eigenvalue weighted by atomic mass is 32.1. The average molecular weight is 236 g/mol. The topological polar surface area (TPSA) is 34.1 Å². The zero-order valence-electron chi connectivity index (χ0n) is 9.83. The maximum Gasteiger partial charge on any atom is 0.183 e. The van der Waals surface area contributed by atoms with Gasteiger partial charge in [0.15, 0.2) is 5.13 Å². The summed E-state index contributed by atoms with van der Waals surface area (Å²) in [5.41, 5.74) is 2.18. The van der Waals surface area contributed by atoms with Gasteiger partial charge in [0.05, 0.1) is 16.8 Å². The Kier molecular flexibility index (Phi) is 3.29. The molecule has 0 fully saturated rings. The lowest BCUT2D eigenvalue weighted by molar-refractivity contribution is 0.316. The van der Waals surface area contributed by atoms with Crippen molar-refractivity contribution < 1.29 is 4.74 Å². The van der Waals surface area contributed by atoms with E-state index in [1.165, 1.54) is 4.70 Å². The molecule has 0 aliphatic carbocycles. The van der Waals surface area contributed by atoms with E-state index in [2.05, 4.69) is 36.3 Å². The van der Waals surface area contributed by atoms with E-state index in [9.17, 15) is 0 Å². The van der Waals surface area contributed by atoms with Gasteiger partial charge in [-0.3, -0.25) is 0 Å². The molecule has 1 aromatic carbocycles. The van der Waals surface area contributed by atoms with Crippen molar-refractivity contribution in [3.05, 3.63) is 17.7 Å². The van der Waals surface area contributed by atoms with E-state index in [1.54, 1.807) is 11.3 Å². The number of benzene rings is 1. The number of rotatable bonds is 4. The van der Waals surface area contributed by atoms with Crippen LogP contribution < -0.4 is 10.1 Å². The smallest absolute Gasteiger partial charge is 0.183 e. The quantitative estimate of drug-likeness (QED) is 0.883. The summed E-state index contributed by atoms with van der Waals surface area (Å²) in [7, 11) is 1.89. The Morgan fingerprint density at radius 1 is 1.44 bits per heavy atom. The van der Waals surface area contributed by atoms with Gasteiger partial charge < -0.3 is 10.1 Å². The van der Waals surface area contributed by atoms with Gasteiger partial charge in [0.1, 0.15) is 5.75 Å². The summed E-state index contributed by atoms with van der Waals surface area (Å²) in [6.07, 6.45) is 1.03. The molecule has 0 bridgehead atoms. The van der Waals surface area contributed by atoms with Gasteiger partial charge in [-0.05, 0) is 31.0 Å². The molecule has 1 N–H and O–H groups in total. The maximum atomic E-state index is 5.70. The third-order valence-electron chi connectivity index (χ3n) is 2.36. The number of hydrogen-bond acceptors (Lipinski definition) is 4. The molecule has 0 unspecified atom stereocenters. The third kappa shape index (κ3) is 2.11. The first kappa shape index (κ1) is 11.2. The van der Waals surface area contributed by atoms with Crippen LogP contribution in [0.25, 0.3) is 10.2 Å². The zero-order valence-corrected chi connectivity index (χ0v) is 10.6. The first-order valence-electron chi connectivity index (χ1n) is 5.46. The zero-order chi connectivity index (χ0) is 11.5. The molecule has 0 aliphatic heterocycles. The van der Waals surface area contributed by atoms with E-state index in [0.29, 0.717) is 0 Å². The second-order valence-corrected chi connectivity index (χ2v) is 4.73. The monoisotopic (exact) mass is 236 g/mol. The van der Waals surface area contributed by atoms with Crippen LogP contribution in [0.15, 0.2) is 12.1 Å². The summed E-state index contributed by atoms with van der Waals surface area (Å²) in [4.78, 5) is 4.47. The van der Waals surface area contributed by atoms with Gasteiger partial charge in [0, 0.05) is 7.05 Å². The van der Waals surface area contributed by atoms with Crippen LogP contribution in [0.4, 0.5) is 5.13 Å². The predicted molar refractivity (Wildman–Crippen MR) is 69.7 cm³/mol. The van der Waals surface area contributed by atoms with Crippen molar-refractivity contribution in [3.8, 4) is 5.75 Å². The van der Waals surface area contributed by atoms with Crippen LogP contribution in [0.5, 0.6) is 5.75 Å². The standard InChI is InChI=1S/C12H16N2OS/c1-4-5-15-10-7-11-9(6-8(10)2)14-12(13-3)16-11/h6-7H,4-5H2,1-3H3,(H,13,14). The van der Waals surface area contributed by atoms with Crippen LogP contribution in [0.3, 0.4) is 0 Å². The van der Waals surface area contributed by atoms with E-state index >= 15 is 0 Å². The van der Waals surface area contributed by atoms with Crippen LogP contribution in [0.1, 0.15) is 18.9 Å². The van der Waals surface area contributed by atoms with E-state index < -0.39 is 0 Å². The lowest BCUT2D eigenvalue weighted by Gasteiger charge is -2.07. The SMILES string of the molecule is CCCOc1cc2sc(NC)nc2cc1C. The molecule has 16 heavy (non-hydrogen) atoms. The molecule has 3 nitrogen and oxygen atoms in total. The summed E-state index contributed by atoms with van der Waals surface area (Å²) < 4.78 is 6.86. The number of nitrogens with zero attached hydrogens (tertiary/aromatic N) is 1. The highest BCUT2D eigenvalue weighted by molar-refractivity contribution is 7.22. The van der Waals surface area contributed by atoms with Crippen molar-refractivity contribution >= 4 is 26.7 Å². The molecule has 1 aromatic heterocycles. The molecule has 1 heterocycles. The van der Waals surface area contributed by atoms with Gasteiger partial charge in [-0.1, -0.05) is 18.3 Å². The van der Waals surface area contributed by atoms with Crippen molar-refractivity contribution in [2.24, 2.45) is 0 Å². The normalized spacial score (nSPS) is 10.7. The first-order chi connectivity index (χ1) is 7.74. The number of anilines is 1. The Labute approximate surface area is 99.5 Å². The van der Waals surface area contributed by atoms with Crippen molar-refractivity contribution in [1.29, 1.82) is 0 Å². The maximum absolute atomic E-state index is 5.70. The molecule has 86 valence electrons. The lowest BCUT2D eigenvalue weighted by Crippen LogP contribution is -1.96. The van der Waals surface area contributed by atoms with E-state index in [4.69, 9.17) is 4.74 Å². The molecule has 0 saturated heterocycles. The number of ether oxygens (including phenoxy) is 1. The Morgan fingerprint density at radius 2 is 2.25 bits per heavy atom. The van der Waals surface area contributed by atoms with Crippen LogP contribution >= 0.6 is 11.3 Å². The fourth-order valence-corrected chi connectivity index (χ4v) is 2.36. The molecule has 0 saturated carbocycles. The number of thiazole rings is 1. The second-order valence-electron chi connectivity index (χ2n) is 3.70. The number of aryl methyl sites for hydroxylation is 1. The van der Waals surface area contributed by atoms with E-state index in [-0.39, 0.29) is 0 Å². The van der Waals surface area contributed by atoms with Crippen LogP contribution in [-0.2, 0) is 0 Å². The molecular weight excluding hydrogens is 220 g/mol. The lowest BCUT2D eigenvalue weighted by atomic mass is 10.2. The summed E-state index contributed by atoms with van der Waals surface area (Å²) in [5, 5.41) is 4.01. The van der Waals surface area contributed by atoms with Crippen molar-refractivity contribution in [3.63, 3.8) is 0 Å². The van der Waals surface area contributed by atoms with Gasteiger partial charge in [-0.15, -0.1) is 0 Å². The predicted octanol–water partition coefficient (Wildman–Crippen LogP) is 3.44. The molecule has 0 spiro atoms. The highest BCUT2D eigenvalue weighted by Crippen LogP contribution is 2.31. The van der Waals surface area contributed by atoms with Crippen molar-refractivity contribution in [2.75, 3.05) is 19.0 Å². The fourth-order valence-electron chi connectivity index (χ4n) is 1.53. The molecule has 0 aliphatic rings. The summed E-state index contributed by atoms with van der Waals surface area (Å²) in [6.45, 7) is 4.94. The molecule has 0 radical (unpaired) electrons. The van der Waals surface area contributed by atoms with Gasteiger partial charge in [-0.25, -0.2) is 4.98 Å². The largest absolute Gasteiger partial charge is 0.493 e. The number of aromatic nitrogens is 1. The minimum absolute atomic E-state index is 0.768. The minimum atomic E-state index is 0.768. The van der Waals surface area contributed by atoms with Crippen molar-refractivity contribution in [2.45, 2.75) is 20.3 Å². The van der Waals surface area contributed by atoms with Gasteiger partial charge in [-0.2, -0.15) is 0 Å². The number of nitrogens with one attached hydrogen (secondary N) is 1. The Bertz CT molecular complexity index is 493. The Hall–Kier alpha value is -1.29. The van der Waals surface area contributed by atoms with Crippen molar-refractivity contribution in [1.82, 2.24) is 4.98 Å². The summed E-state index contributed by atoms with van der Waals surface area (Å²) in [5.74, 6) is 0.973. The molecule has 0 amide bonds. The highest BCUT2D eigenvalue weighted by Gasteiger charge is 2.07. The fraction of sp³-hybridized carbons (Fsp3) is 0.417. The molecule has 2 rings (SSSR count). The summed E-state index contributed by atoms with van der Waals surface area (Å²) in [6, 6.07) is 4.16. The molecule has 4 heteroatoms. The third-order valence-corrected chi connectivity index (χ3v) is 3.40. The molecule has 0 atom stereocenters.